The first-order chi connectivity index (χ1) is 9.74. The number of nitrogens with zero attached hydrogens (tertiary/aromatic N) is 2. The van der Waals surface area contributed by atoms with E-state index in [1.54, 1.807) is 17.0 Å². The van der Waals surface area contributed by atoms with Crippen molar-refractivity contribution in [1.82, 2.24) is 14.1 Å². The van der Waals surface area contributed by atoms with E-state index in [0.717, 1.165) is 24.0 Å². The van der Waals surface area contributed by atoms with Gasteiger partial charge in [-0.25, -0.2) is 4.79 Å². The van der Waals surface area contributed by atoms with E-state index < -0.39 is 0 Å². The maximum atomic E-state index is 11.9. The number of H-pyrrole nitrogens is 1. The zero-order valence-electron chi connectivity index (χ0n) is 11.0. The second kappa shape index (κ2) is 5.21. The largest absolute Gasteiger partial charge is 0.354 e. The molecular weight excluding hydrogens is 254 g/mol. The predicted molar refractivity (Wildman–Crippen MR) is 77.9 cm³/mol. The van der Waals surface area contributed by atoms with Crippen LogP contribution in [0.5, 0.6) is 0 Å². The topological polar surface area (TPSA) is 59.8 Å². The van der Waals surface area contributed by atoms with Crippen LogP contribution in [-0.2, 0) is 13.1 Å². The van der Waals surface area contributed by atoms with Crippen LogP contribution in [0.3, 0.4) is 0 Å². The number of aromatic nitrogens is 3. The number of fused-ring (bicyclic) bond motifs is 1. The van der Waals surface area contributed by atoms with Gasteiger partial charge in [-0.15, -0.1) is 0 Å². The van der Waals surface area contributed by atoms with E-state index in [9.17, 15) is 9.59 Å². The number of benzene rings is 1. The summed E-state index contributed by atoms with van der Waals surface area (Å²) in [5.74, 6) is 0. The summed E-state index contributed by atoms with van der Waals surface area (Å²) in [6, 6.07) is 10.7. The Morgan fingerprint density at radius 3 is 2.50 bits per heavy atom. The van der Waals surface area contributed by atoms with Crippen molar-refractivity contribution in [1.29, 1.82) is 0 Å². The van der Waals surface area contributed by atoms with Gasteiger partial charge in [0.2, 0.25) is 0 Å². The molecule has 0 saturated heterocycles. The van der Waals surface area contributed by atoms with Crippen LogP contribution in [0.1, 0.15) is 6.42 Å². The number of imidazole rings is 1. The Hall–Kier alpha value is -2.56. The van der Waals surface area contributed by atoms with E-state index in [1.807, 2.05) is 28.8 Å². The van der Waals surface area contributed by atoms with Crippen molar-refractivity contribution < 1.29 is 0 Å². The van der Waals surface area contributed by atoms with Gasteiger partial charge in [-0.05, 0) is 18.6 Å². The van der Waals surface area contributed by atoms with E-state index in [-0.39, 0.29) is 11.1 Å². The van der Waals surface area contributed by atoms with Gasteiger partial charge in [-0.3, -0.25) is 9.36 Å². The summed E-state index contributed by atoms with van der Waals surface area (Å²) < 4.78 is 3.69. The second-order valence-corrected chi connectivity index (χ2v) is 4.72. The summed E-state index contributed by atoms with van der Waals surface area (Å²) in [4.78, 5) is 25.7. The number of hydrogen-bond acceptors (Lipinski definition) is 2. The summed E-state index contributed by atoms with van der Waals surface area (Å²) in [5.41, 5.74) is 1.72. The van der Waals surface area contributed by atoms with E-state index in [1.165, 1.54) is 12.1 Å². The standard InChI is InChI=1S/C15H15N3O2/c19-12-6-10-17(11-7-12)8-3-9-18-14-5-2-1-4-13(14)16-15(18)20/h1-2,4-7,10-11H,3,8-9H2,(H,16,20). The second-order valence-electron chi connectivity index (χ2n) is 4.72. The maximum Gasteiger partial charge on any atom is 0.326 e. The Kier molecular flexibility index (Phi) is 3.25. The van der Waals surface area contributed by atoms with Gasteiger partial charge in [0, 0.05) is 37.6 Å². The minimum absolute atomic E-state index is 0.00842. The van der Waals surface area contributed by atoms with Crippen molar-refractivity contribution in [2.24, 2.45) is 0 Å². The van der Waals surface area contributed by atoms with Gasteiger partial charge in [0.05, 0.1) is 11.0 Å². The Balaban J connectivity index is 1.74. The third-order valence-corrected chi connectivity index (χ3v) is 3.34. The molecule has 3 aromatic rings. The molecule has 0 unspecified atom stereocenters. The van der Waals surface area contributed by atoms with Gasteiger partial charge in [-0.2, -0.15) is 0 Å². The summed E-state index contributed by atoms with van der Waals surface area (Å²) >= 11 is 0. The molecule has 5 heteroatoms. The highest BCUT2D eigenvalue weighted by Gasteiger charge is 2.04. The molecule has 0 aliphatic rings. The van der Waals surface area contributed by atoms with Gasteiger partial charge in [0.25, 0.3) is 0 Å². The molecule has 0 radical (unpaired) electrons. The fourth-order valence-electron chi connectivity index (χ4n) is 2.33. The molecule has 2 heterocycles. The minimum atomic E-state index is -0.0777. The van der Waals surface area contributed by atoms with Crippen molar-refractivity contribution >= 4 is 11.0 Å². The molecular formula is C15H15N3O2. The molecule has 0 atom stereocenters. The number of rotatable bonds is 4. The van der Waals surface area contributed by atoms with Crippen LogP contribution < -0.4 is 11.1 Å². The van der Waals surface area contributed by atoms with Crippen LogP contribution in [0.4, 0.5) is 0 Å². The van der Waals surface area contributed by atoms with Crippen molar-refractivity contribution in [3.63, 3.8) is 0 Å². The normalized spacial score (nSPS) is 11.0. The third kappa shape index (κ3) is 2.42. The minimum Gasteiger partial charge on any atom is -0.354 e. The molecule has 102 valence electrons. The molecule has 5 nitrogen and oxygen atoms in total. The third-order valence-electron chi connectivity index (χ3n) is 3.34. The van der Waals surface area contributed by atoms with Crippen molar-refractivity contribution in [3.05, 3.63) is 69.5 Å². The lowest BCUT2D eigenvalue weighted by Gasteiger charge is -2.06. The zero-order valence-corrected chi connectivity index (χ0v) is 11.0. The monoisotopic (exact) mass is 269 g/mol. The first-order valence-electron chi connectivity index (χ1n) is 6.58. The number of pyridine rings is 1. The molecule has 0 fully saturated rings. The average molecular weight is 269 g/mol. The van der Waals surface area contributed by atoms with Crippen LogP contribution >= 0.6 is 0 Å². The van der Waals surface area contributed by atoms with Crippen molar-refractivity contribution in [2.45, 2.75) is 19.5 Å². The lowest BCUT2D eigenvalue weighted by Crippen LogP contribution is -2.17. The smallest absolute Gasteiger partial charge is 0.326 e. The molecule has 2 aromatic heterocycles. The molecule has 20 heavy (non-hydrogen) atoms. The highest BCUT2D eigenvalue weighted by Crippen LogP contribution is 2.09. The average Bonchev–Trinajstić information content (AvgIpc) is 2.77. The summed E-state index contributed by atoms with van der Waals surface area (Å²) in [6.07, 6.45) is 4.35. The first kappa shape index (κ1) is 12.5. The quantitative estimate of drug-likeness (QED) is 0.781. The predicted octanol–water partition coefficient (Wildman–Crippen LogP) is 1.58. The number of hydrogen-bond donors (Lipinski definition) is 1. The van der Waals surface area contributed by atoms with Gasteiger partial charge in [-0.1, -0.05) is 12.1 Å². The highest BCUT2D eigenvalue weighted by molar-refractivity contribution is 5.74. The van der Waals surface area contributed by atoms with Crippen molar-refractivity contribution in [3.8, 4) is 0 Å². The van der Waals surface area contributed by atoms with Crippen LogP contribution in [0.15, 0.2) is 58.4 Å². The molecule has 0 aliphatic heterocycles. The van der Waals surface area contributed by atoms with E-state index in [2.05, 4.69) is 4.98 Å². The molecule has 0 bridgehead atoms. The van der Waals surface area contributed by atoms with Crippen LogP contribution in [-0.4, -0.2) is 14.1 Å². The Morgan fingerprint density at radius 2 is 1.70 bits per heavy atom. The summed E-state index contributed by atoms with van der Waals surface area (Å²) in [6.45, 7) is 1.42. The number of aromatic amines is 1. The molecule has 0 amide bonds. The Morgan fingerprint density at radius 1 is 0.950 bits per heavy atom. The van der Waals surface area contributed by atoms with E-state index >= 15 is 0 Å². The SMILES string of the molecule is O=c1ccn(CCCn2c(=O)[nH]c3ccccc32)cc1. The van der Waals surface area contributed by atoms with Crippen LogP contribution in [0.25, 0.3) is 11.0 Å². The van der Waals surface area contributed by atoms with Crippen LogP contribution in [0, 0.1) is 0 Å². The highest BCUT2D eigenvalue weighted by atomic mass is 16.1. The van der Waals surface area contributed by atoms with Crippen molar-refractivity contribution in [2.75, 3.05) is 0 Å². The van der Waals surface area contributed by atoms with Gasteiger partial charge in [0.1, 0.15) is 0 Å². The maximum absolute atomic E-state index is 11.9. The summed E-state index contributed by atoms with van der Waals surface area (Å²) in [5, 5.41) is 0. The molecule has 3 rings (SSSR count). The van der Waals surface area contributed by atoms with Gasteiger partial charge >= 0.3 is 5.69 Å². The number of aryl methyl sites for hydroxylation is 2. The Bertz CT molecular complexity index is 821. The fraction of sp³-hybridized carbons (Fsp3) is 0.200. The van der Waals surface area contributed by atoms with E-state index in [0.29, 0.717) is 6.54 Å². The lowest BCUT2D eigenvalue weighted by atomic mass is 10.3. The summed E-state index contributed by atoms with van der Waals surface area (Å²) in [7, 11) is 0. The first-order valence-corrected chi connectivity index (χ1v) is 6.58. The molecule has 1 N–H and O–H groups in total. The lowest BCUT2D eigenvalue weighted by molar-refractivity contribution is 0.560. The molecule has 0 spiro atoms. The molecule has 0 aliphatic carbocycles. The number of para-hydroxylation sites is 2. The van der Waals surface area contributed by atoms with Gasteiger partial charge in [0.15, 0.2) is 5.43 Å². The Labute approximate surface area is 115 Å². The fourth-order valence-corrected chi connectivity index (χ4v) is 2.33. The van der Waals surface area contributed by atoms with Gasteiger partial charge < -0.3 is 9.55 Å². The molecule has 0 saturated carbocycles. The molecule has 1 aromatic carbocycles. The number of nitrogens with one attached hydrogen (secondary N) is 1. The van der Waals surface area contributed by atoms with Crippen LogP contribution in [0.2, 0.25) is 0 Å². The zero-order chi connectivity index (χ0) is 13.9. The van der Waals surface area contributed by atoms with E-state index in [4.69, 9.17) is 0 Å².